The van der Waals surface area contributed by atoms with Crippen LogP contribution in [0.5, 0.6) is 0 Å². The first-order valence-electron chi connectivity index (χ1n) is 6.31. The van der Waals surface area contributed by atoms with Gasteiger partial charge in [-0.1, -0.05) is 34.1 Å². The van der Waals surface area contributed by atoms with Crippen molar-refractivity contribution >= 4 is 33.2 Å². The van der Waals surface area contributed by atoms with Crippen molar-refractivity contribution in [3.63, 3.8) is 0 Å². The number of nitrogens with two attached hydrogens (primary N) is 1. The molecule has 1 atom stereocenters. The number of hydrogen-bond donors (Lipinski definition) is 2. The van der Waals surface area contributed by atoms with Gasteiger partial charge in [-0.25, -0.2) is 4.98 Å². The van der Waals surface area contributed by atoms with E-state index in [2.05, 4.69) is 26.2 Å². The Bertz CT molecular complexity index is 600. The van der Waals surface area contributed by atoms with E-state index in [1.807, 2.05) is 31.2 Å². The van der Waals surface area contributed by atoms with Crippen LogP contribution < -0.4 is 11.1 Å². The number of carbonyl (C=O) groups is 1. The molecule has 6 heteroatoms. The summed E-state index contributed by atoms with van der Waals surface area (Å²) in [7, 11) is 0. The van der Waals surface area contributed by atoms with Crippen LogP contribution in [0.25, 0.3) is 0 Å². The average molecular weight is 354 g/mol. The molecule has 1 heterocycles. The predicted octanol–water partition coefficient (Wildman–Crippen LogP) is 2.90. The maximum absolute atomic E-state index is 12.1. The largest absolute Gasteiger partial charge is 0.344 e. The molecule has 20 heavy (non-hydrogen) atoms. The Morgan fingerprint density at radius 1 is 1.50 bits per heavy atom. The molecule has 0 bridgehead atoms. The zero-order valence-electron chi connectivity index (χ0n) is 11.1. The van der Waals surface area contributed by atoms with Gasteiger partial charge >= 0.3 is 0 Å². The topological polar surface area (TPSA) is 68.0 Å². The number of nitrogens with zero attached hydrogens (tertiary/aromatic N) is 1. The summed E-state index contributed by atoms with van der Waals surface area (Å²) < 4.78 is 0.981. The van der Waals surface area contributed by atoms with E-state index in [4.69, 9.17) is 5.73 Å². The standard InChI is InChI=1S/C14H16BrN3OS/c1-9(10-4-2-3-5-11(10)15)17-14(19)12-8-20-13(18-12)6-7-16/h2-5,8-9H,6-7,16H2,1H3,(H,17,19)/t9-/m0/s1. The molecule has 0 aliphatic rings. The van der Waals surface area contributed by atoms with Gasteiger partial charge in [-0.3, -0.25) is 4.79 Å². The van der Waals surface area contributed by atoms with E-state index < -0.39 is 0 Å². The molecule has 3 N–H and O–H groups in total. The Labute approximate surface area is 130 Å². The first-order chi connectivity index (χ1) is 9.61. The number of carbonyl (C=O) groups excluding carboxylic acids is 1. The molecule has 106 valence electrons. The van der Waals surface area contributed by atoms with Gasteiger partial charge in [0.25, 0.3) is 5.91 Å². The molecule has 1 aromatic carbocycles. The van der Waals surface area contributed by atoms with Crippen LogP contribution in [0.1, 0.15) is 34.0 Å². The van der Waals surface area contributed by atoms with Gasteiger partial charge in [0.05, 0.1) is 11.0 Å². The van der Waals surface area contributed by atoms with Crippen molar-refractivity contribution in [2.24, 2.45) is 5.73 Å². The summed E-state index contributed by atoms with van der Waals surface area (Å²) >= 11 is 4.96. The molecule has 0 aliphatic carbocycles. The summed E-state index contributed by atoms with van der Waals surface area (Å²) in [6, 6.07) is 7.75. The van der Waals surface area contributed by atoms with Crippen LogP contribution in [0.2, 0.25) is 0 Å². The third-order valence-corrected chi connectivity index (χ3v) is 4.49. The number of nitrogens with one attached hydrogen (secondary N) is 1. The van der Waals surface area contributed by atoms with E-state index in [1.165, 1.54) is 11.3 Å². The van der Waals surface area contributed by atoms with Crippen LogP contribution in [0.15, 0.2) is 34.1 Å². The van der Waals surface area contributed by atoms with Crippen molar-refractivity contribution in [1.29, 1.82) is 0 Å². The summed E-state index contributed by atoms with van der Waals surface area (Å²) in [5.41, 5.74) is 6.98. The van der Waals surface area contributed by atoms with Crippen LogP contribution in [0.3, 0.4) is 0 Å². The molecule has 0 fully saturated rings. The fraction of sp³-hybridized carbons (Fsp3) is 0.286. The summed E-state index contributed by atoms with van der Waals surface area (Å²) in [6.07, 6.45) is 0.706. The van der Waals surface area contributed by atoms with Crippen molar-refractivity contribution in [2.75, 3.05) is 6.54 Å². The number of hydrogen-bond acceptors (Lipinski definition) is 4. The lowest BCUT2D eigenvalue weighted by Gasteiger charge is -2.15. The van der Waals surface area contributed by atoms with Crippen LogP contribution in [-0.2, 0) is 6.42 Å². The highest BCUT2D eigenvalue weighted by Gasteiger charge is 2.15. The first-order valence-corrected chi connectivity index (χ1v) is 7.99. The third-order valence-electron chi connectivity index (χ3n) is 2.86. The number of thiazole rings is 1. The van der Waals surface area contributed by atoms with E-state index >= 15 is 0 Å². The van der Waals surface area contributed by atoms with E-state index in [-0.39, 0.29) is 11.9 Å². The Balaban J connectivity index is 2.05. The molecule has 1 aromatic heterocycles. The maximum atomic E-state index is 12.1. The van der Waals surface area contributed by atoms with Gasteiger partial charge in [0, 0.05) is 16.3 Å². The van der Waals surface area contributed by atoms with Crippen LogP contribution >= 0.6 is 27.3 Å². The van der Waals surface area contributed by atoms with Crippen molar-refractivity contribution in [1.82, 2.24) is 10.3 Å². The first kappa shape index (κ1) is 15.2. The van der Waals surface area contributed by atoms with Crippen molar-refractivity contribution in [3.8, 4) is 0 Å². The fourth-order valence-electron chi connectivity index (χ4n) is 1.83. The van der Waals surface area contributed by atoms with Crippen molar-refractivity contribution in [2.45, 2.75) is 19.4 Å². The summed E-state index contributed by atoms with van der Waals surface area (Å²) in [5, 5.41) is 5.62. The number of amides is 1. The van der Waals surface area contributed by atoms with E-state index in [1.54, 1.807) is 5.38 Å². The third kappa shape index (κ3) is 3.65. The Morgan fingerprint density at radius 2 is 2.25 bits per heavy atom. The molecule has 2 aromatic rings. The lowest BCUT2D eigenvalue weighted by molar-refractivity contribution is 0.0935. The lowest BCUT2D eigenvalue weighted by Crippen LogP contribution is -2.27. The number of benzene rings is 1. The van der Waals surface area contributed by atoms with Crippen LogP contribution in [0, 0.1) is 0 Å². The minimum Gasteiger partial charge on any atom is -0.344 e. The second-order valence-electron chi connectivity index (χ2n) is 4.38. The second kappa shape index (κ2) is 6.97. The molecular weight excluding hydrogens is 338 g/mol. The molecule has 4 nitrogen and oxygen atoms in total. The molecule has 0 saturated carbocycles. The number of halogens is 1. The van der Waals surface area contributed by atoms with Gasteiger partial charge in [-0.2, -0.15) is 0 Å². The number of rotatable bonds is 5. The summed E-state index contributed by atoms with van der Waals surface area (Å²) in [6.45, 7) is 2.49. The second-order valence-corrected chi connectivity index (χ2v) is 6.18. The zero-order chi connectivity index (χ0) is 14.5. The summed E-state index contributed by atoms with van der Waals surface area (Å²) in [5.74, 6) is -0.159. The molecule has 0 aliphatic heterocycles. The predicted molar refractivity (Wildman–Crippen MR) is 84.9 cm³/mol. The molecule has 0 spiro atoms. The normalized spacial score (nSPS) is 12.2. The minimum absolute atomic E-state index is 0.0854. The molecule has 1 amide bonds. The van der Waals surface area contributed by atoms with Crippen LogP contribution in [-0.4, -0.2) is 17.4 Å². The number of aromatic nitrogens is 1. The fourth-order valence-corrected chi connectivity index (χ4v) is 3.25. The van der Waals surface area contributed by atoms with Crippen molar-refractivity contribution in [3.05, 3.63) is 50.4 Å². The maximum Gasteiger partial charge on any atom is 0.271 e. The zero-order valence-corrected chi connectivity index (χ0v) is 13.5. The van der Waals surface area contributed by atoms with Crippen LogP contribution in [0.4, 0.5) is 0 Å². The average Bonchev–Trinajstić information content (AvgIpc) is 2.88. The molecule has 0 saturated heterocycles. The highest BCUT2D eigenvalue weighted by Crippen LogP contribution is 2.23. The molecular formula is C14H16BrN3OS. The highest BCUT2D eigenvalue weighted by atomic mass is 79.9. The quantitative estimate of drug-likeness (QED) is 0.868. The Hall–Kier alpha value is -1.24. The van der Waals surface area contributed by atoms with Gasteiger partial charge in [0.1, 0.15) is 5.69 Å². The molecule has 0 unspecified atom stereocenters. The van der Waals surface area contributed by atoms with Gasteiger partial charge in [0.2, 0.25) is 0 Å². The van der Waals surface area contributed by atoms with E-state index in [9.17, 15) is 4.79 Å². The van der Waals surface area contributed by atoms with Crippen molar-refractivity contribution < 1.29 is 4.79 Å². The minimum atomic E-state index is -0.159. The van der Waals surface area contributed by atoms with E-state index in [0.717, 1.165) is 15.0 Å². The Morgan fingerprint density at radius 3 is 2.95 bits per heavy atom. The summed E-state index contributed by atoms with van der Waals surface area (Å²) in [4.78, 5) is 16.4. The van der Waals surface area contributed by atoms with Gasteiger partial charge in [-0.15, -0.1) is 11.3 Å². The molecule has 2 rings (SSSR count). The monoisotopic (exact) mass is 353 g/mol. The molecule has 0 radical (unpaired) electrons. The SMILES string of the molecule is C[C@H](NC(=O)c1csc(CCN)n1)c1ccccc1Br. The smallest absolute Gasteiger partial charge is 0.271 e. The van der Waals surface area contributed by atoms with Gasteiger partial charge < -0.3 is 11.1 Å². The lowest BCUT2D eigenvalue weighted by atomic mass is 10.1. The highest BCUT2D eigenvalue weighted by molar-refractivity contribution is 9.10. The van der Waals surface area contributed by atoms with E-state index in [0.29, 0.717) is 18.7 Å². The van der Waals surface area contributed by atoms with Gasteiger partial charge in [-0.05, 0) is 25.1 Å². The van der Waals surface area contributed by atoms with Gasteiger partial charge in [0.15, 0.2) is 0 Å². The Kier molecular flexibility index (Phi) is 5.28.